The second-order valence-corrected chi connectivity index (χ2v) is 5.52. The number of carbonyl (C=O) groups excluding carboxylic acids is 1. The third kappa shape index (κ3) is 3.14. The lowest BCUT2D eigenvalue weighted by Gasteiger charge is -2.28. The molecule has 114 valence electrons. The van der Waals surface area contributed by atoms with Gasteiger partial charge in [-0.1, -0.05) is 6.07 Å². The van der Waals surface area contributed by atoms with Crippen LogP contribution in [-0.4, -0.2) is 30.6 Å². The normalized spacial score (nSPS) is 13.5. The summed E-state index contributed by atoms with van der Waals surface area (Å²) in [6.07, 6.45) is 0. The number of anilines is 2. The maximum absolute atomic E-state index is 12.0. The SMILES string of the molecule is Nc1cccc(OCCN2C(=O)COc3ccc(Br)nc32)c1. The van der Waals surface area contributed by atoms with E-state index in [1.54, 1.807) is 29.2 Å². The first-order valence-corrected chi connectivity index (χ1v) is 7.51. The van der Waals surface area contributed by atoms with Crippen LogP contribution in [0.5, 0.6) is 11.5 Å². The van der Waals surface area contributed by atoms with Crippen molar-refractivity contribution in [2.45, 2.75) is 0 Å². The summed E-state index contributed by atoms with van der Waals surface area (Å²) < 4.78 is 11.6. The molecule has 0 saturated carbocycles. The molecule has 0 radical (unpaired) electrons. The van der Waals surface area contributed by atoms with Crippen molar-refractivity contribution in [2.75, 3.05) is 30.4 Å². The molecule has 2 aromatic rings. The van der Waals surface area contributed by atoms with E-state index in [0.29, 0.717) is 40.8 Å². The van der Waals surface area contributed by atoms with Gasteiger partial charge in [-0.25, -0.2) is 4.98 Å². The number of hydrogen-bond acceptors (Lipinski definition) is 5. The van der Waals surface area contributed by atoms with Crippen LogP contribution in [-0.2, 0) is 4.79 Å². The van der Waals surface area contributed by atoms with Crippen LogP contribution in [0.1, 0.15) is 0 Å². The fraction of sp³-hybridized carbons (Fsp3) is 0.200. The Labute approximate surface area is 136 Å². The lowest BCUT2D eigenvalue weighted by atomic mass is 10.3. The fourth-order valence-corrected chi connectivity index (χ4v) is 2.44. The first-order chi connectivity index (χ1) is 10.6. The summed E-state index contributed by atoms with van der Waals surface area (Å²) in [5.41, 5.74) is 6.33. The maximum atomic E-state index is 12.0. The van der Waals surface area contributed by atoms with E-state index in [1.165, 1.54) is 0 Å². The first kappa shape index (κ1) is 14.6. The summed E-state index contributed by atoms with van der Waals surface area (Å²) in [6.45, 7) is 0.727. The zero-order valence-corrected chi connectivity index (χ0v) is 13.2. The van der Waals surface area contributed by atoms with Gasteiger partial charge in [-0.15, -0.1) is 0 Å². The molecular weight excluding hydrogens is 350 g/mol. The number of nitrogens with zero attached hydrogens (tertiary/aromatic N) is 2. The second kappa shape index (κ2) is 6.23. The molecule has 6 nitrogen and oxygen atoms in total. The van der Waals surface area contributed by atoms with Crippen LogP contribution in [0.15, 0.2) is 41.0 Å². The number of ether oxygens (including phenoxy) is 2. The van der Waals surface area contributed by atoms with Gasteiger partial charge in [-0.2, -0.15) is 0 Å². The van der Waals surface area contributed by atoms with Crippen molar-refractivity contribution in [3.05, 3.63) is 41.0 Å². The molecule has 0 unspecified atom stereocenters. The number of halogens is 1. The van der Waals surface area contributed by atoms with Crippen LogP contribution in [0.2, 0.25) is 0 Å². The molecule has 0 fully saturated rings. The number of fused-ring (bicyclic) bond motifs is 1. The summed E-state index contributed by atoms with van der Waals surface area (Å²) in [5, 5.41) is 0. The molecule has 1 amide bonds. The maximum Gasteiger partial charge on any atom is 0.266 e. The quantitative estimate of drug-likeness (QED) is 0.665. The molecule has 22 heavy (non-hydrogen) atoms. The van der Waals surface area contributed by atoms with Gasteiger partial charge >= 0.3 is 0 Å². The number of nitrogen functional groups attached to an aromatic ring is 1. The highest BCUT2D eigenvalue weighted by Crippen LogP contribution is 2.31. The van der Waals surface area contributed by atoms with Crippen molar-refractivity contribution >= 4 is 33.3 Å². The van der Waals surface area contributed by atoms with Gasteiger partial charge in [0.15, 0.2) is 18.2 Å². The second-order valence-electron chi connectivity index (χ2n) is 4.71. The van der Waals surface area contributed by atoms with E-state index < -0.39 is 0 Å². The van der Waals surface area contributed by atoms with E-state index >= 15 is 0 Å². The monoisotopic (exact) mass is 363 g/mol. The Morgan fingerprint density at radius 3 is 3.05 bits per heavy atom. The molecule has 1 aliphatic heterocycles. The molecule has 2 N–H and O–H groups in total. The largest absolute Gasteiger partial charge is 0.492 e. The van der Waals surface area contributed by atoms with Gasteiger partial charge in [0.1, 0.15) is 17.0 Å². The minimum absolute atomic E-state index is 0.00853. The Bertz CT molecular complexity index is 708. The Kier molecular flexibility index (Phi) is 4.15. The molecule has 1 aromatic carbocycles. The zero-order chi connectivity index (χ0) is 15.5. The van der Waals surface area contributed by atoms with Gasteiger partial charge in [0.2, 0.25) is 0 Å². The molecule has 1 aromatic heterocycles. The molecular formula is C15H14BrN3O3. The van der Waals surface area contributed by atoms with Crippen molar-refractivity contribution in [2.24, 2.45) is 0 Å². The predicted molar refractivity (Wildman–Crippen MR) is 86.1 cm³/mol. The van der Waals surface area contributed by atoms with Crippen molar-refractivity contribution in [1.82, 2.24) is 4.98 Å². The Hall–Kier alpha value is -2.28. The minimum Gasteiger partial charge on any atom is -0.492 e. The number of rotatable bonds is 4. The summed E-state index contributed by atoms with van der Waals surface area (Å²) in [5.74, 6) is 1.62. The van der Waals surface area contributed by atoms with Crippen molar-refractivity contribution < 1.29 is 14.3 Å². The number of benzene rings is 1. The van der Waals surface area contributed by atoms with Gasteiger partial charge in [0.25, 0.3) is 5.91 Å². The van der Waals surface area contributed by atoms with Gasteiger partial charge in [-0.05, 0) is 40.2 Å². The molecule has 7 heteroatoms. The van der Waals surface area contributed by atoms with Crippen molar-refractivity contribution in [1.29, 1.82) is 0 Å². The number of aromatic nitrogens is 1. The minimum atomic E-state index is -0.144. The summed E-state index contributed by atoms with van der Waals surface area (Å²) in [7, 11) is 0. The number of carbonyl (C=O) groups is 1. The van der Waals surface area contributed by atoms with Crippen LogP contribution < -0.4 is 20.1 Å². The molecule has 0 spiro atoms. The van der Waals surface area contributed by atoms with Crippen LogP contribution in [0.3, 0.4) is 0 Å². The smallest absolute Gasteiger partial charge is 0.266 e. The zero-order valence-electron chi connectivity index (χ0n) is 11.7. The predicted octanol–water partition coefficient (Wildman–Crippen LogP) is 2.23. The molecule has 3 rings (SSSR count). The third-order valence-corrected chi connectivity index (χ3v) is 3.60. The molecule has 0 atom stereocenters. The molecule has 0 aliphatic carbocycles. The number of pyridine rings is 1. The van der Waals surface area contributed by atoms with E-state index in [0.717, 1.165) is 0 Å². The van der Waals surface area contributed by atoms with E-state index in [4.69, 9.17) is 15.2 Å². The van der Waals surface area contributed by atoms with Crippen LogP contribution >= 0.6 is 15.9 Å². The highest BCUT2D eigenvalue weighted by molar-refractivity contribution is 9.10. The highest BCUT2D eigenvalue weighted by Gasteiger charge is 2.26. The van der Waals surface area contributed by atoms with Gasteiger partial charge < -0.3 is 15.2 Å². The third-order valence-electron chi connectivity index (χ3n) is 3.15. The van der Waals surface area contributed by atoms with E-state index in [9.17, 15) is 4.79 Å². The van der Waals surface area contributed by atoms with Crippen LogP contribution in [0.4, 0.5) is 11.5 Å². The average molecular weight is 364 g/mol. The number of hydrogen-bond donors (Lipinski definition) is 1. The van der Waals surface area contributed by atoms with Crippen LogP contribution in [0.25, 0.3) is 0 Å². The Morgan fingerprint density at radius 2 is 2.23 bits per heavy atom. The molecule has 2 heterocycles. The van der Waals surface area contributed by atoms with Gasteiger partial charge in [0, 0.05) is 11.8 Å². The molecule has 0 bridgehead atoms. The van der Waals surface area contributed by atoms with Gasteiger partial charge in [-0.3, -0.25) is 9.69 Å². The standard InChI is InChI=1S/C15H14BrN3O3/c16-13-5-4-12-15(18-13)19(14(20)9-22-12)6-7-21-11-3-1-2-10(17)8-11/h1-5,8H,6-7,9,17H2. The van der Waals surface area contributed by atoms with Gasteiger partial charge in [0.05, 0.1) is 6.54 Å². The van der Waals surface area contributed by atoms with E-state index in [2.05, 4.69) is 20.9 Å². The lowest BCUT2D eigenvalue weighted by Crippen LogP contribution is -2.41. The van der Waals surface area contributed by atoms with E-state index in [-0.39, 0.29) is 12.5 Å². The van der Waals surface area contributed by atoms with Crippen molar-refractivity contribution in [3.63, 3.8) is 0 Å². The number of amides is 1. The highest BCUT2D eigenvalue weighted by atomic mass is 79.9. The summed E-state index contributed by atoms with van der Waals surface area (Å²) in [6, 6.07) is 10.7. The van der Waals surface area contributed by atoms with E-state index in [1.807, 2.05) is 12.1 Å². The fourth-order valence-electron chi connectivity index (χ4n) is 2.14. The van der Waals surface area contributed by atoms with Crippen LogP contribution in [0, 0.1) is 0 Å². The lowest BCUT2D eigenvalue weighted by molar-refractivity contribution is -0.121. The first-order valence-electron chi connectivity index (χ1n) is 6.71. The summed E-state index contributed by atoms with van der Waals surface area (Å²) >= 11 is 3.30. The average Bonchev–Trinajstić information content (AvgIpc) is 2.50. The topological polar surface area (TPSA) is 77.7 Å². The molecule has 1 aliphatic rings. The molecule has 0 saturated heterocycles. The summed E-state index contributed by atoms with van der Waals surface area (Å²) in [4.78, 5) is 17.9. The number of nitrogens with two attached hydrogens (primary N) is 1. The Morgan fingerprint density at radius 1 is 1.36 bits per heavy atom. The Balaban J connectivity index is 1.70. The van der Waals surface area contributed by atoms with Crippen molar-refractivity contribution in [3.8, 4) is 11.5 Å².